The number of ether oxygens (including phenoxy) is 2. The van der Waals surface area contributed by atoms with E-state index < -0.39 is 0 Å². The van der Waals surface area contributed by atoms with Crippen LogP contribution in [-0.4, -0.2) is 29.9 Å². The number of Topliss-reactive ketones (excluding diaryl/α,β-unsaturated/α-hetero) is 1. The predicted molar refractivity (Wildman–Crippen MR) is 103 cm³/mol. The lowest BCUT2D eigenvalue weighted by Crippen LogP contribution is -2.58. The highest BCUT2D eigenvalue weighted by molar-refractivity contribution is 5.83. The van der Waals surface area contributed by atoms with E-state index in [1.54, 1.807) is 0 Å². The van der Waals surface area contributed by atoms with Crippen LogP contribution >= 0.6 is 0 Å². The quantitative estimate of drug-likeness (QED) is 0.665. The van der Waals surface area contributed by atoms with Crippen molar-refractivity contribution in [2.24, 2.45) is 34.5 Å². The van der Waals surface area contributed by atoms with Crippen molar-refractivity contribution in [2.45, 2.75) is 91.3 Å². The van der Waals surface area contributed by atoms with Crippen LogP contribution in [0.5, 0.6) is 0 Å². The van der Waals surface area contributed by atoms with Gasteiger partial charge in [0.2, 0.25) is 0 Å². The molecule has 0 amide bonds. The van der Waals surface area contributed by atoms with Gasteiger partial charge in [0.05, 0.1) is 0 Å². The number of ketones is 1. The summed E-state index contributed by atoms with van der Waals surface area (Å²) in [5.41, 5.74) is 0.0801. The Balaban J connectivity index is 1.57. The van der Waals surface area contributed by atoms with Crippen LogP contribution in [0.1, 0.15) is 79.1 Å². The molecule has 4 aliphatic rings. The second-order valence-electron chi connectivity index (χ2n) is 10.3. The topological polar surface area (TPSA) is 69.7 Å². The van der Waals surface area contributed by atoms with Crippen LogP contribution in [0.15, 0.2) is 0 Å². The van der Waals surface area contributed by atoms with Gasteiger partial charge in [-0.3, -0.25) is 14.4 Å². The van der Waals surface area contributed by atoms with Crippen LogP contribution < -0.4 is 0 Å². The summed E-state index contributed by atoms with van der Waals surface area (Å²) < 4.78 is 11.2. The van der Waals surface area contributed by atoms with E-state index in [9.17, 15) is 14.4 Å². The van der Waals surface area contributed by atoms with E-state index >= 15 is 0 Å². The summed E-state index contributed by atoms with van der Waals surface area (Å²) in [5, 5.41) is 0. The van der Waals surface area contributed by atoms with Gasteiger partial charge in [-0.05, 0) is 68.1 Å². The Morgan fingerprint density at radius 2 is 1.54 bits per heavy atom. The third-order valence-corrected chi connectivity index (χ3v) is 8.98. The molecule has 0 aromatic heterocycles. The maximum absolute atomic E-state index is 13.4. The molecule has 0 spiro atoms. The van der Waals surface area contributed by atoms with E-state index in [2.05, 4.69) is 13.8 Å². The highest BCUT2D eigenvalue weighted by atomic mass is 16.5. The predicted octanol–water partition coefficient (Wildman–Crippen LogP) is 4.07. The fraction of sp³-hybridized carbons (Fsp3) is 0.870. The minimum absolute atomic E-state index is 0.0337. The lowest BCUT2D eigenvalue weighted by Gasteiger charge is -2.59. The molecule has 0 heterocycles. The normalized spacial score (nSPS) is 47.5. The Labute approximate surface area is 167 Å². The summed E-state index contributed by atoms with van der Waals surface area (Å²) >= 11 is 0. The van der Waals surface area contributed by atoms with E-state index in [-0.39, 0.29) is 40.9 Å². The molecule has 4 rings (SSSR count). The molecule has 8 atom stereocenters. The fourth-order valence-corrected chi connectivity index (χ4v) is 7.58. The van der Waals surface area contributed by atoms with Crippen LogP contribution in [0.2, 0.25) is 0 Å². The SMILES string of the molecule is CC(=O)O[C@@H]1CC[C@@]2(C)[C@H](CC(=O)[C@H]3[C@H]4CC[C@@H](OC(C)=O)[C@@]4(C)CC[C@@H]32)C1. The molecule has 0 aromatic rings. The van der Waals surface area contributed by atoms with Crippen molar-refractivity contribution in [2.75, 3.05) is 0 Å². The molecule has 4 fully saturated rings. The molecular formula is C23H34O5. The van der Waals surface area contributed by atoms with E-state index in [4.69, 9.17) is 9.47 Å². The lowest BCUT2D eigenvalue weighted by atomic mass is 9.45. The second-order valence-corrected chi connectivity index (χ2v) is 10.3. The summed E-state index contributed by atoms with van der Waals surface area (Å²) in [6.45, 7) is 7.58. The first-order valence-corrected chi connectivity index (χ1v) is 11.0. The van der Waals surface area contributed by atoms with Gasteiger partial charge >= 0.3 is 11.9 Å². The number of carbonyl (C=O) groups is 3. The zero-order valence-corrected chi connectivity index (χ0v) is 17.7. The summed E-state index contributed by atoms with van der Waals surface area (Å²) in [4.78, 5) is 36.3. The third-order valence-electron chi connectivity index (χ3n) is 8.98. The van der Waals surface area contributed by atoms with E-state index in [0.717, 1.165) is 44.9 Å². The highest BCUT2D eigenvalue weighted by Gasteiger charge is 2.63. The lowest BCUT2D eigenvalue weighted by molar-refractivity contribution is -0.173. The van der Waals surface area contributed by atoms with Crippen molar-refractivity contribution in [1.29, 1.82) is 0 Å². The first-order chi connectivity index (χ1) is 13.1. The van der Waals surface area contributed by atoms with E-state index in [0.29, 0.717) is 30.0 Å². The molecule has 0 unspecified atom stereocenters. The van der Waals surface area contributed by atoms with Gasteiger partial charge in [0.1, 0.15) is 18.0 Å². The van der Waals surface area contributed by atoms with Crippen molar-refractivity contribution >= 4 is 17.7 Å². The maximum atomic E-state index is 13.4. The number of hydrogen-bond donors (Lipinski definition) is 0. The van der Waals surface area contributed by atoms with Gasteiger partial charge in [0.15, 0.2) is 0 Å². The standard InChI is InChI=1S/C23H34O5/c1-13(24)27-16-7-9-22(3)15(11-16)12-19(26)21-17-5-6-20(28-14(2)25)23(17,4)10-8-18(21)22/h15-18,20-21H,5-12H2,1-4H3/t15-,16+,17+,18-,20+,21-,22-,23-/m0/s1. The highest BCUT2D eigenvalue weighted by Crippen LogP contribution is 2.65. The van der Waals surface area contributed by atoms with Gasteiger partial charge in [0, 0.05) is 31.6 Å². The minimum atomic E-state index is -0.218. The minimum Gasteiger partial charge on any atom is -0.463 e. The summed E-state index contributed by atoms with van der Waals surface area (Å²) in [6, 6.07) is 0. The second kappa shape index (κ2) is 6.84. The Bertz CT molecular complexity index is 686. The van der Waals surface area contributed by atoms with Crippen LogP contribution in [-0.2, 0) is 23.9 Å². The molecule has 0 bridgehead atoms. The van der Waals surface area contributed by atoms with Crippen molar-refractivity contribution in [3.05, 3.63) is 0 Å². The molecule has 4 aliphatic carbocycles. The molecule has 5 nitrogen and oxygen atoms in total. The number of esters is 2. The first-order valence-electron chi connectivity index (χ1n) is 11.0. The Morgan fingerprint density at radius 1 is 0.893 bits per heavy atom. The summed E-state index contributed by atoms with van der Waals surface area (Å²) in [5.74, 6) is 1.12. The molecule has 156 valence electrons. The molecule has 5 heteroatoms. The van der Waals surface area contributed by atoms with Gasteiger partial charge in [-0.25, -0.2) is 0 Å². The first kappa shape index (κ1) is 19.9. The van der Waals surface area contributed by atoms with Crippen molar-refractivity contribution in [3.63, 3.8) is 0 Å². The summed E-state index contributed by atoms with van der Waals surface area (Å²) in [6.07, 6.45) is 7.21. The Kier molecular flexibility index (Phi) is 4.86. The maximum Gasteiger partial charge on any atom is 0.302 e. The third kappa shape index (κ3) is 3.00. The van der Waals surface area contributed by atoms with Gasteiger partial charge < -0.3 is 9.47 Å². The zero-order valence-electron chi connectivity index (χ0n) is 17.7. The molecule has 0 aliphatic heterocycles. The Morgan fingerprint density at radius 3 is 2.21 bits per heavy atom. The molecule has 0 saturated heterocycles. The van der Waals surface area contributed by atoms with Crippen LogP contribution in [0.3, 0.4) is 0 Å². The number of hydrogen-bond acceptors (Lipinski definition) is 5. The average Bonchev–Trinajstić information content (AvgIpc) is 2.92. The number of carbonyl (C=O) groups excluding carboxylic acids is 3. The van der Waals surface area contributed by atoms with Gasteiger partial charge in [-0.2, -0.15) is 0 Å². The molecule has 28 heavy (non-hydrogen) atoms. The molecule has 0 aromatic carbocycles. The van der Waals surface area contributed by atoms with E-state index in [1.807, 2.05) is 0 Å². The zero-order chi connectivity index (χ0) is 20.3. The molecule has 0 N–H and O–H groups in total. The van der Waals surface area contributed by atoms with Crippen LogP contribution in [0.4, 0.5) is 0 Å². The largest absolute Gasteiger partial charge is 0.463 e. The number of rotatable bonds is 2. The van der Waals surface area contributed by atoms with Gasteiger partial charge in [-0.1, -0.05) is 13.8 Å². The van der Waals surface area contributed by atoms with E-state index in [1.165, 1.54) is 13.8 Å². The molecule has 0 radical (unpaired) electrons. The Hall–Kier alpha value is -1.39. The summed E-state index contributed by atoms with van der Waals surface area (Å²) in [7, 11) is 0. The van der Waals surface area contributed by atoms with Crippen LogP contribution in [0.25, 0.3) is 0 Å². The fourth-order valence-electron chi connectivity index (χ4n) is 7.58. The van der Waals surface area contributed by atoms with Gasteiger partial charge in [-0.15, -0.1) is 0 Å². The van der Waals surface area contributed by atoms with Crippen LogP contribution in [0, 0.1) is 34.5 Å². The number of fused-ring (bicyclic) bond motifs is 5. The van der Waals surface area contributed by atoms with Gasteiger partial charge in [0.25, 0.3) is 0 Å². The average molecular weight is 391 g/mol. The smallest absolute Gasteiger partial charge is 0.302 e. The van der Waals surface area contributed by atoms with Crippen molar-refractivity contribution < 1.29 is 23.9 Å². The molecule has 4 saturated carbocycles. The monoisotopic (exact) mass is 390 g/mol. The van der Waals surface area contributed by atoms with Crippen molar-refractivity contribution in [1.82, 2.24) is 0 Å². The van der Waals surface area contributed by atoms with Crippen molar-refractivity contribution in [3.8, 4) is 0 Å². The molecular weight excluding hydrogens is 356 g/mol.